The summed E-state index contributed by atoms with van der Waals surface area (Å²) in [5.74, 6) is -0.934. The van der Waals surface area contributed by atoms with Gasteiger partial charge in [0.2, 0.25) is 0 Å². The second-order valence-electron chi connectivity index (χ2n) is 4.20. The van der Waals surface area contributed by atoms with Crippen molar-refractivity contribution in [2.24, 2.45) is 16.4 Å². The Labute approximate surface area is 112 Å². The zero-order valence-corrected chi connectivity index (χ0v) is 12.3. The standard InChI is InChI=1S/C7H15N3O3S.Na/c1-7(2,3)6(4-9-10-8)5-14(11,12)13;/h6H,4-5H2,1-3H3,(H,11,12,13);/q;+1/p-1. The molecule has 0 N–H and O–H groups in total. The van der Waals surface area contributed by atoms with Crippen molar-refractivity contribution >= 4 is 10.1 Å². The van der Waals surface area contributed by atoms with Gasteiger partial charge < -0.3 is 4.55 Å². The van der Waals surface area contributed by atoms with E-state index in [1.165, 1.54) is 0 Å². The zero-order chi connectivity index (χ0) is 11.4. The molecular weight excluding hydrogens is 229 g/mol. The molecule has 0 aliphatic rings. The van der Waals surface area contributed by atoms with Gasteiger partial charge in [0, 0.05) is 17.2 Å². The van der Waals surface area contributed by atoms with E-state index in [-0.39, 0.29) is 41.5 Å². The van der Waals surface area contributed by atoms with Crippen LogP contribution in [0.1, 0.15) is 20.8 Å². The normalized spacial score (nSPS) is 13.6. The predicted molar refractivity (Wildman–Crippen MR) is 51.5 cm³/mol. The third kappa shape index (κ3) is 9.17. The van der Waals surface area contributed by atoms with Gasteiger partial charge in [-0.3, -0.25) is 0 Å². The summed E-state index contributed by atoms with van der Waals surface area (Å²) in [7, 11) is -4.27. The fraction of sp³-hybridized carbons (Fsp3) is 1.00. The van der Waals surface area contributed by atoms with Crippen LogP contribution >= 0.6 is 0 Å². The summed E-state index contributed by atoms with van der Waals surface area (Å²) in [5, 5.41) is 3.30. The van der Waals surface area contributed by atoms with Gasteiger partial charge in [-0.15, -0.1) is 0 Å². The van der Waals surface area contributed by atoms with E-state index in [0.29, 0.717) is 0 Å². The van der Waals surface area contributed by atoms with Crippen LogP contribution in [-0.4, -0.2) is 25.3 Å². The fourth-order valence-corrected chi connectivity index (χ4v) is 2.06. The van der Waals surface area contributed by atoms with Crippen molar-refractivity contribution in [3.05, 3.63) is 10.4 Å². The first-order valence-corrected chi connectivity index (χ1v) is 5.69. The molecule has 0 aliphatic carbocycles. The van der Waals surface area contributed by atoms with Crippen LogP contribution < -0.4 is 29.6 Å². The summed E-state index contributed by atoms with van der Waals surface area (Å²) in [5.41, 5.74) is 7.74. The van der Waals surface area contributed by atoms with Crippen LogP contribution in [0.3, 0.4) is 0 Å². The van der Waals surface area contributed by atoms with Gasteiger partial charge in [-0.2, -0.15) is 0 Å². The van der Waals surface area contributed by atoms with Crippen molar-refractivity contribution in [3.8, 4) is 0 Å². The summed E-state index contributed by atoms with van der Waals surface area (Å²) >= 11 is 0. The minimum absolute atomic E-state index is 0. The summed E-state index contributed by atoms with van der Waals surface area (Å²) in [6, 6.07) is 0. The summed E-state index contributed by atoms with van der Waals surface area (Å²) in [6.45, 7) is 5.43. The Hall–Kier alpha value is 0.220. The maximum Gasteiger partial charge on any atom is 1.00 e. The minimum Gasteiger partial charge on any atom is -0.748 e. The molecule has 0 spiro atoms. The SMILES string of the molecule is CC(C)(C)C(CN=[N+]=[N-])CS(=O)(=O)[O-].[Na+]. The number of hydrogen-bond donors (Lipinski definition) is 0. The molecule has 0 bridgehead atoms. The van der Waals surface area contributed by atoms with Gasteiger partial charge >= 0.3 is 29.6 Å². The van der Waals surface area contributed by atoms with E-state index in [0.717, 1.165) is 0 Å². The van der Waals surface area contributed by atoms with Crippen molar-refractivity contribution < 1.29 is 42.5 Å². The van der Waals surface area contributed by atoms with E-state index < -0.39 is 21.8 Å². The van der Waals surface area contributed by atoms with E-state index in [1.807, 2.05) is 0 Å². The Kier molecular flexibility index (Phi) is 7.90. The van der Waals surface area contributed by atoms with Gasteiger partial charge in [-0.25, -0.2) is 8.42 Å². The molecule has 0 aromatic heterocycles. The first-order chi connectivity index (χ1) is 6.17. The maximum atomic E-state index is 10.6. The second-order valence-corrected chi connectivity index (χ2v) is 5.65. The fourth-order valence-electron chi connectivity index (χ4n) is 0.958. The Bertz CT molecular complexity index is 330. The van der Waals surface area contributed by atoms with Crippen LogP contribution in [0.5, 0.6) is 0 Å². The van der Waals surface area contributed by atoms with Crippen LogP contribution in [0, 0.1) is 11.3 Å². The molecule has 0 amide bonds. The minimum atomic E-state index is -4.27. The molecule has 0 aromatic carbocycles. The van der Waals surface area contributed by atoms with Gasteiger partial charge in [-0.1, -0.05) is 25.9 Å². The molecule has 0 saturated carbocycles. The van der Waals surface area contributed by atoms with E-state index in [9.17, 15) is 13.0 Å². The topological polar surface area (TPSA) is 106 Å². The molecular formula is C7H14N3NaO3S. The molecule has 0 heterocycles. The molecule has 0 rings (SSSR count). The van der Waals surface area contributed by atoms with E-state index >= 15 is 0 Å². The molecule has 0 aromatic rings. The van der Waals surface area contributed by atoms with Gasteiger partial charge in [0.1, 0.15) is 0 Å². The van der Waals surface area contributed by atoms with Crippen LogP contribution in [0.15, 0.2) is 5.11 Å². The van der Waals surface area contributed by atoms with Gasteiger partial charge in [0.25, 0.3) is 0 Å². The van der Waals surface area contributed by atoms with E-state index in [4.69, 9.17) is 5.53 Å². The molecule has 6 nitrogen and oxygen atoms in total. The summed E-state index contributed by atoms with van der Waals surface area (Å²) in [6.07, 6.45) is 0. The van der Waals surface area contributed by atoms with Crippen molar-refractivity contribution in [3.63, 3.8) is 0 Å². The first kappa shape index (κ1) is 17.6. The van der Waals surface area contributed by atoms with E-state index in [1.54, 1.807) is 20.8 Å². The number of nitrogens with zero attached hydrogens (tertiary/aromatic N) is 3. The maximum absolute atomic E-state index is 10.6. The van der Waals surface area contributed by atoms with Crippen LogP contribution in [-0.2, 0) is 10.1 Å². The first-order valence-electron chi connectivity index (χ1n) is 4.11. The van der Waals surface area contributed by atoms with Crippen molar-refractivity contribution in [1.82, 2.24) is 0 Å². The number of rotatable bonds is 4. The number of azide groups is 1. The summed E-state index contributed by atoms with van der Waals surface area (Å²) in [4.78, 5) is 2.55. The third-order valence-corrected chi connectivity index (χ3v) is 2.81. The molecule has 0 aliphatic heterocycles. The Morgan fingerprint density at radius 2 is 1.93 bits per heavy atom. The van der Waals surface area contributed by atoms with Crippen molar-refractivity contribution in [2.75, 3.05) is 12.3 Å². The Morgan fingerprint density at radius 3 is 2.20 bits per heavy atom. The second kappa shape index (κ2) is 6.73. The van der Waals surface area contributed by atoms with Crippen molar-refractivity contribution in [1.29, 1.82) is 0 Å². The molecule has 82 valence electrons. The van der Waals surface area contributed by atoms with Crippen LogP contribution in [0.2, 0.25) is 0 Å². The average Bonchev–Trinajstić information content (AvgIpc) is 1.93. The molecule has 0 fully saturated rings. The van der Waals surface area contributed by atoms with Crippen LogP contribution in [0.4, 0.5) is 0 Å². The third-order valence-electron chi connectivity index (χ3n) is 2.00. The monoisotopic (exact) mass is 243 g/mol. The molecule has 15 heavy (non-hydrogen) atoms. The predicted octanol–water partition coefficient (Wildman–Crippen LogP) is -1.49. The van der Waals surface area contributed by atoms with Gasteiger partial charge in [0.05, 0.1) is 10.1 Å². The smallest absolute Gasteiger partial charge is 0.748 e. The van der Waals surface area contributed by atoms with E-state index in [2.05, 4.69) is 10.0 Å². The van der Waals surface area contributed by atoms with Gasteiger partial charge in [0.15, 0.2) is 0 Å². The summed E-state index contributed by atoms with van der Waals surface area (Å²) < 4.78 is 31.7. The van der Waals surface area contributed by atoms with Gasteiger partial charge in [-0.05, 0) is 16.9 Å². The van der Waals surface area contributed by atoms with Crippen molar-refractivity contribution in [2.45, 2.75) is 20.8 Å². The zero-order valence-electron chi connectivity index (χ0n) is 9.47. The number of hydrogen-bond acceptors (Lipinski definition) is 4. The quantitative estimate of drug-likeness (QED) is 0.197. The Balaban J connectivity index is 0. The average molecular weight is 243 g/mol. The molecule has 0 radical (unpaired) electrons. The molecule has 1 unspecified atom stereocenters. The molecule has 1 atom stereocenters. The molecule has 0 saturated heterocycles. The Morgan fingerprint density at radius 1 is 1.47 bits per heavy atom. The van der Waals surface area contributed by atoms with Crippen LogP contribution in [0.25, 0.3) is 10.4 Å². The largest absolute Gasteiger partial charge is 1.00 e. The molecule has 8 heteroatoms.